The number of ether oxygens (including phenoxy) is 1. The maximum absolute atomic E-state index is 13.6. The summed E-state index contributed by atoms with van der Waals surface area (Å²) in [7, 11) is 1.87. The van der Waals surface area contributed by atoms with Crippen LogP contribution in [0.4, 0.5) is 23.9 Å². The van der Waals surface area contributed by atoms with E-state index in [0.29, 0.717) is 42.9 Å². The van der Waals surface area contributed by atoms with E-state index in [1.165, 1.54) is 6.07 Å². The summed E-state index contributed by atoms with van der Waals surface area (Å²) in [5.74, 6) is 0.381. The van der Waals surface area contributed by atoms with E-state index in [1.807, 2.05) is 55.3 Å². The number of halogens is 4. The summed E-state index contributed by atoms with van der Waals surface area (Å²) in [6, 6.07) is 3.19. The fourth-order valence-corrected chi connectivity index (χ4v) is 5.68. The number of alkyl halides is 3. The van der Waals surface area contributed by atoms with Gasteiger partial charge in [-0.2, -0.15) is 13.2 Å². The van der Waals surface area contributed by atoms with Crippen molar-refractivity contribution in [3.05, 3.63) is 59.3 Å². The van der Waals surface area contributed by atoms with Gasteiger partial charge in [-0.25, -0.2) is 19.7 Å². The predicted molar refractivity (Wildman–Crippen MR) is 152 cm³/mol. The van der Waals surface area contributed by atoms with E-state index < -0.39 is 11.7 Å². The number of piperidine rings is 1. The highest BCUT2D eigenvalue weighted by Gasteiger charge is 2.41. The average molecular weight is 593 g/mol. The Labute approximate surface area is 243 Å². The molecule has 1 aliphatic rings. The second-order valence-electron chi connectivity index (χ2n) is 10.8. The number of aromatic nitrogens is 4. The third-order valence-electron chi connectivity index (χ3n) is 7.34. The van der Waals surface area contributed by atoms with Crippen molar-refractivity contribution in [1.29, 1.82) is 0 Å². The van der Waals surface area contributed by atoms with Gasteiger partial charge in [0.2, 0.25) is 5.95 Å². The number of rotatable bonds is 8. The molecule has 1 aromatic carbocycles. The van der Waals surface area contributed by atoms with Gasteiger partial charge in [-0.3, -0.25) is 0 Å². The molecular formula is C29H36ClF3N6O2. The normalized spacial score (nSPS) is 19.5. The van der Waals surface area contributed by atoms with Crippen LogP contribution in [-0.2, 0) is 24.5 Å². The van der Waals surface area contributed by atoms with Gasteiger partial charge in [0.05, 0.1) is 23.7 Å². The van der Waals surface area contributed by atoms with Crippen molar-refractivity contribution in [2.45, 2.75) is 90.3 Å². The van der Waals surface area contributed by atoms with Crippen LogP contribution in [-0.4, -0.2) is 54.7 Å². The maximum atomic E-state index is 13.6. The molecule has 222 valence electrons. The van der Waals surface area contributed by atoms with Crippen molar-refractivity contribution in [2.75, 3.05) is 4.90 Å². The van der Waals surface area contributed by atoms with Gasteiger partial charge in [-0.15, -0.1) is 0 Å². The minimum Gasteiger partial charge on any atom is -0.447 e. The van der Waals surface area contributed by atoms with Gasteiger partial charge in [0, 0.05) is 60.9 Å². The van der Waals surface area contributed by atoms with Crippen molar-refractivity contribution in [2.24, 2.45) is 7.05 Å². The Kier molecular flexibility index (Phi) is 9.46. The van der Waals surface area contributed by atoms with E-state index in [1.54, 1.807) is 18.7 Å². The monoisotopic (exact) mass is 592 g/mol. The number of aryl methyl sites for hydroxylation is 1. The Hall–Kier alpha value is -3.34. The molecule has 3 heterocycles. The lowest BCUT2D eigenvalue weighted by Gasteiger charge is -2.47. The van der Waals surface area contributed by atoms with E-state index in [2.05, 4.69) is 15.0 Å². The largest absolute Gasteiger partial charge is 0.447 e. The number of imidazole rings is 1. The highest BCUT2D eigenvalue weighted by atomic mass is 35.5. The van der Waals surface area contributed by atoms with Crippen LogP contribution in [0.3, 0.4) is 0 Å². The zero-order chi connectivity index (χ0) is 29.9. The predicted octanol–water partition coefficient (Wildman–Crippen LogP) is 7.12. The number of carbonyl (C=O) groups is 1. The molecule has 12 heteroatoms. The van der Waals surface area contributed by atoms with Crippen LogP contribution in [0.5, 0.6) is 0 Å². The zero-order valence-corrected chi connectivity index (χ0v) is 24.7. The van der Waals surface area contributed by atoms with E-state index in [0.717, 1.165) is 17.7 Å². The molecule has 0 saturated carbocycles. The minimum absolute atomic E-state index is 0.00492. The van der Waals surface area contributed by atoms with Gasteiger partial charge in [-0.1, -0.05) is 25.4 Å². The molecule has 4 rings (SSSR count). The Morgan fingerprint density at radius 3 is 2.24 bits per heavy atom. The number of benzene rings is 1. The molecule has 0 unspecified atom stereocenters. The molecule has 8 nitrogen and oxygen atoms in total. The van der Waals surface area contributed by atoms with Gasteiger partial charge in [0.25, 0.3) is 0 Å². The van der Waals surface area contributed by atoms with Crippen molar-refractivity contribution < 1.29 is 22.7 Å². The van der Waals surface area contributed by atoms with Crippen LogP contribution < -0.4 is 4.90 Å². The topological polar surface area (TPSA) is 76.4 Å². The Bertz CT molecular complexity index is 1320. The van der Waals surface area contributed by atoms with Gasteiger partial charge in [-0.05, 0) is 63.3 Å². The second-order valence-corrected chi connectivity index (χ2v) is 11.2. The molecule has 0 radical (unpaired) electrons. The SMILES string of the molecule is CC[C@@H]1C[C@H](N(Cc2cc(Cl)cc(C(F)(F)F)c2)c2ncc(-c3cn(C)cn3)cn2)C[C@H](CC)N1C(=O)OC(C)C. The van der Waals surface area contributed by atoms with Crippen molar-refractivity contribution in [3.8, 4) is 11.3 Å². The molecule has 3 aromatic rings. The molecule has 0 aliphatic carbocycles. The van der Waals surface area contributed by atoms with Gasteiger partial charge in [0.1, 0.15) is 0 Å². The van der Waals surface area contributed by atoms with Gasteiger partial charge >= 0.3 is 12.3 Å². The number of anilines is 1. The maximum Gasteiger partial charge on any atom is 0.416 e. The van der Waals surface area contributed by atoms with Crippen LogP contribution in [0.1, 0.15) is 64.5 Å². The molecule has 41 heavy (non-hydrogen) atoms. The lowest BCUT2D eigenvalue weighted by molar-refractivity contribution is -0.137. The fraction of sp³-hybridized carbons (Fsp3) is 0.517. The molecule has 1 amide bonds. The standard InChI is InChI=1S/C29H36ClF3N6O2/c1-6-23-11-25(12-24(7-2)39(23)28(40)41-18(3)4)38(15-19-8-21(29(31,32)33)10-22(30)9-19)27-34-13-20(14-35-27)26-16-37(5)17-36-26/h8-10,13-14,16-18,23-25H,6-7,11-12,15H2,1-5H3/t23-,24+,25+. The van der Waals surface area contributed by atoms with E-state index in [4.69, 9.17) is 16.3 Å². The summed E-state index contributed by atoms with van der Waals surface area (Å²) < 4.78 is 48.2. The van der Waals surface area contributed by atoms with Gasteiger partial charge < -0.3 is 19.1 Å². The Morgan fingerprint density at radius 1 is 1.10 bits per heavy atom. The van der Waals surface area contributed by atoms with Crippen LogP contribution in [0, 0.1) is 0 Å². The fourth-order valence-electron chi connectivity index (χ4n) is 5.42. The molecule has 1 aliphatic heterocycles. The Morgan fingerprint density at radius 2 is 1.73 bits per heavy atom. The highest BCUT2D eigenvalue weighted by molar-refractivity contribution is 6.30. The number of carbonyl (C=O) groups excluding carboxylic acids is 1. The molecule has 3 atom stereocenters. The number of amides is 1. The summed E-state index contributed by atoms with van der Waals surface area (Å²) >= 11 is 6.13. The third kappa shape index (κ3) is 7.30. The summed E-state index contributed by atoms with van der Waals surface area (Å²) in [5.41, 5.74) is 1.02. The van der Waals surface area contributed by atoms with Crippen molar-refractivity contribution >= 4 is 23.6 Å². The van der Waals surface area contributed by atoms with Crippen LogP contribution in [0.2, 0.25) is 5.02 Å². The number of nitrogens with zero attached hydrogens (tertiary/aromatic N) is 6. The lowest BCUT2D eigenvalue weighted by atomic mass is 9.87. The molecule has 0 bridgehead atoms. The summed E-state index contributed by atoms with van der Waals surface area (Å²) in [6.45, 7) is 7.79. The average Bonchev–Trinajstić information content (AvgIpc) is 3.36. The van der Waals surface area contributed by atoms with Crippen LogP contribution in [0.25, 0.3) is 11.3 Å². The first-order valence-electron chi connectivity index (χ1n) is 13.8. The number of likely N-dealkylation sites (tertiary alicyclic amines) is 1. The molecule has 1 fully saturated rings. The summed E-state index contributed by atoms with van der Waals surface area (Å²) in [6.07, 6.45) is 4.30. The van der Waals surface area contributed by atoms with E-state index in [9.17, 15) is 18.0 Å². The first-order chi connectivity index (χ1) is 19.4. The smallest absolute Gasteiger partial charge is 0.416 e. The summed E-state index contributed by atoms with van der Waals surface area (Å²) in [4.78, 5) is 30.4. The zero-order valence-electron chi connectivity index (χ0n) is 23.9. The van der Waals surface area contributed by atoms with Crippen LogP contribution in [0.15, 0.2) is 43.1 Å². The lowest BCUT2D eigenvalue weighted by Crippen LogP contribution is -2.57. The third-order valence-corrected chi connectivity index (χ3v) is 7.56. The van der Waals surface area contributed by atoms with Gasteiger partial charge in [0.15, 0.2) is 0 Å². The van der Waals surface area contributed by atoms with E-state index >= 15 is 0 Å². The molecule has 1 saturated heterocycles. The second kappa shape index (κ2) is 12.7. The van der Waals surface area contributed by atoms with Crippen LogP contribution >= 0.6 is 11.6 Å². The van der Waals surface area contributed by atoms with Crippen molar-refractivity contribution in [1.82, 2.24) is 24.4 Å². The summed E-state index contributed by atoms with van der Waals surface area (Å²) in [5, 5.41) is 0.00492. The van der Waals surface area contributed by atoms with E-state index in [-0.39, 0.29) is 41.9 Å². The minimum atomic E-state index is -4.53. The van der Waals surface area contributed by atoms with Crippen molar-refractivity contribution in [3.63, 3.8) is 0 Å². The highest BCUT2D eigenvalue weighted by Crippen LogP contribution is 2.36. The first kappa shape index (κ1) is 30.6. The molecule has 0 spiro atoms. The molecule has 2 aromatic heterocycles. The quantitative estimate of drug-likeness (QED) is 0.277. The number of hydrogen-bond acceptors (Lipinski definition) is 6. The Balaban J connectivity index is 1.71. The number of hydrogen-bond donors (Lipinski definition) is 0. The molecule has 0 N–H and O–H groups in total. The molecular weight excluding hydrogens is 557 g/mol. The first-order valence-corrected chi connectivity index (χ1v) is 14.2.